The molecule has 1 aromatic carbocycles. The Bertz CT molecular complexity index is 494. The molecule has 0 atom stereocenters. The van der Waals surface area contributed by atoms with Crippen LogP contribution in [0, 0.1) is 5.92 Å². The maximum Gasteiger partial charge on any atom is 0.315 e. The third kappa shape index (κ3) is 4.93. The van der Waals surface area contributed by atoms with Gasteiger partial charge in [-0.3, -0.25) is 0 Å². The van der Waals surface area contributed by atoms with Crippen molar-refractivity contribution in [2.45, 2.75) is 57.6 Å². The van der Waals surface area contributed by atoms with Gasteiger partial charge in [-0.2, -0.15) is 0 Å². The van der Waals surface area contributed by atoms with Crippen LogP contribution in [-0.2, 0) is 6.54 Å². The van der Waals surface area contributed by atoms with Gasteiger partial charge in [-0.05, 0) is 62.1 Å². The lowest BCUT2D eigenvalue weighted by molar-refractivity contribution is 0.155. The average Bonchev–Trinajstić information content (AvgIpc) is 3.37. The summed E-state index contributed by atoms with van der Waals surface area (Å²) in [5.41, 5.74) is 1.08. The molecule has 0 saturated heterocycles. The van der Waals surface area contributed by atoms with Crippen molar-refractivity contribution in [2.24, 2.45) is 5.92 Å². The van der Waals surface area contributed by atoms with Crippen LogP contribution in [0.4, 0.5) is 4.79 Å². The van der Waals surface area contributed by atoms with Crippen LogP contribution in [0.2, 0.25) is 0 Å². The van der Waals surface area contributed by atoms with E-state index in [1.54, 1.807) is 0 Å². The number of urea groups is 1. The second-order valence-corrected chi connectivity index (χ2v) is 6.53. The van der Waals surface area contributed by atoms with Crippen LogP contribution in [0.15, 0.2) is 24.3 Å². The van der Waals surface area contributed by atoms with E-state index in [1.807, 2.05) is 24.3 Å². The molecule has 0 radical (unpaired) electrons. The van der Waals surface area contributed by atoms with Gasteiger partial charge in [0.25, 0.3) is 0 Å². The van der Waals surface area contributed by atoms with E-state index >= 15 is 0 Å². The number of hydrogen-bond donors (Lipinski definition) is 2. The van der Waals surface area contributed by atoms with E-state index < -0.39 is 0 Å². The first kappa shape index (κ1) is 15.2. The Hall–Kier alpha value is -1.71. The van der Waals surface area contributed by atoms with Crippen molar-refractivity contribution in [1.82, 2.24) is 10.6 Å². The van der Waals surface area contributed by atoms with Gasteiger partial charge in [0, 0.05) is 13.1 Å². The Balaban J connectivity index is 1.44. The highest BCUT2D eigenvalue weighted by molar-refractivity contribution is 5.73. The summed E-state index contributed by atoms with van der Waals surface area (Å²) in [5.74, 6) is 1.63. The molecule has 4 nitrogen and oxygen atoms in total. The fourth-order valence-corrected chi connectivity index (χ4v) is 2.91. The minimum absolute atomic E-state index is 0.0782. The van der Waals surface area contributed by atoms with Crippen molar-refractivity contribution < 1.29 is 9.53 Å². The Morgan fingerprint density at radius 1 is 1.09 bits per heavy atom. The number of nitrogens with one attached hydrogen (secondary N) is 2. The number of hydrogen-bond acceptors (Lipinski definition) is 2. The number of rotatable bonds is 6. The molecule has 2 aliphatic carbocycles. The van der Waals surface area contributed by atoms with Gasteiger partial charge in [0.1, 0.15) is 5.75 Å². The lowest BCUT2D eigenvalue weighted by Crippen LogP contribution is -2.36. The van der Waals surface area contributed by atoms with Crippen molar-refractivity contribution >= 4 is 6.03 Å². The molecule has 1 aromatic rings. The zero-order valence-electron chi connectivity index (χ0n) is 13.1. The van der Waals surface area contributed by atoms with Gasteiger partial charge < -0.3 is 15.4 Å². The molecular weight excluding hydrogens is 276 g/mol. The molecule has 4 heteroatoms. The minimum atomic E-state index is -0.0782. The highest BCUT2D eigenvalue weighted by atomic mass is 16.5. The molecule has 0 heterocycles. The van der Waals surface area contributed by atoms with Crippen molar-refractivity contribution in [3.8, 4) is 5.75 Å². The molecule has 2 saturated carbocycles. The van der Waals surface area contributed by atoms with Gasteiger partial charge in [-0.15, -0.1) is 0 Å². The maximum absolute atomic E-state index is 11.7. The van der Waals surface area contributed by atoms with Crippen LogP contribution in [0.1, 0.15) is 50.5 Å². The molecule has 120 valence electrons. The molecule has 2 amide bonds. The van der Waals surface area contributed by atoms with Gasteiger partial charge in [-0.25, -0.2) is 4.79 Å². The fraction of sp³-hybridized carbons (Fsp3) is 0.611. The van der Waals surface area contributed by atoms with Gasteiger partial charge in [0.15, 0.2) is 0 Å². The molecule has 22 heavy (non-hydrogen) atoms. The number of ether oxygens (including phenoxy) is 1. The predicted molar refractivity (Wildman–Crippen MR) is 86.9 cm³/mol. The summed E-state index contributed by atoms with van der Waals surface area (Å²) in [7, 11) is 0. The van der Waals surface area contributed by atoms with Crippen LogP contribution in [-0.4, -0.2) is 18.7 Å². The molecule has 2 fully saturated rings. The standard InChI is InChI=1S/C18H26N2O2/c21-18(19-12-14-9-10-14)20-13-15-5-4-8-17(11-15)22-16-6-2-1-3-7-16/h4-5,8,11,14,16H,1-3,6-7,9-10,12-13H2,(H2,19,20,21). The Labute approximate surface area is 132 Å². The third-order valence-electron chi connectivity index (χ3n) is 4.45. The summed E-state index contributed by atoms with van der Waals surface area (Å²) in [6.45, 7) is 1.34. The van der Waals surface area contributed by atoms with Crippen molar-refractivity contribution in [3.05, 3.63) is 29.8 Å². The molecule has 3 rings (SSSR count). The van der Waals surface area contributed by atoms with Gasteiger partial charge in [0.2, 0.25) is 0 Å². The number of amides is 2. The molecule has 0 spiro atoms. The summed E-state index contributed by atoms with van der Waals surface area (Å²) in [4.78, 5) is 11.7. The predicted octanol–water partition coefficient (Wildman–Crippen LogP) is 3.61. The van der Waals surface area contributed by atoms with E-state index in [2.05, 4.69) is 10.6 Å². The topological polar surface area (TPSA) is 50.4 Å². The van der Waals surface area contributed by atoms with Crippen LogP contribution < -0.4 is 15.4 Å². The van der Waals surface area contributed by atoms with E-state index in [4.69, 9.17) is 4.74 Å². The van der Waals surface area contributed by atoms with E-state index in [0.717, 1.165) is 30.7 Å². The summed E-state index contributed by atoms with van der Waals surface area (Å²) >= 11 is 0. The van der Waals surface area contributed by atoms with Crippen LogP contribution in [0.25, 0.3) is 0 Å². The third-order valence-corrected chi connectivity index (χ3v) is 4.45. The lowest BCUT2D eigenvalue weighted by atomic mass is 9.98. The van der Waals surface area contributed by atoms with Crippen molar-refractivity contribution in [3.63, 3.8) is 0 Å². The molecule has 0 bridgehead atoms. The monoisotopic (exact) mass is 302 g/mol. The van der Waals surface area contributed by atoms with Gasteiger partial charge in [0.05, 0.1) is 6.10 Å². The van der Waals surface area contributed by atoms with E-state index in [9.17, 15) is 4.79 Å². The first-order valence-corrected chi connectivity index (χ1v) is 8.57. The zero-order valence-corrected chi connectivity index (χ0v) is 13.1. The first-order valence-electron chi connectivity index (χ1n) is 8.57. The number of carbonyl (C=O) groups excluding carboxylic acids is 1. The lowest BCUT2D eigenvalue weighted by Gasteiger charge is -2.23. The number of carbonyl (C=O) groups is 1. The highest BCUT2D eigenvalue weighted by Crippen LogP contribution is 2.27. The molecule has 0 aliphatic heterocycles. The second kappa shape index (κ2) is 7.52. The number of benzene rings is 1. The normalized spacial score (nSPS) is 18.7. The maximum atomic E-state index is 11.7. The molecule has 0 unspecified atom stereocenters. The Morgan fingerprint density at radius 3 is 2.68 bits per heavy atom. The second-order valence-electron chi connectivity index (χ2n) is 6.53. The first-order chi connectivity index (χ1) is 10.8. The summed E-state index contributed by atoms with van der Waals surface area (Å²) in [6, 6.07) is 7.98. The van der Waals surface area contributed by atoms with E-state index in [0.29, 0.717) is 18.6 Å². The fourth-order valence-electron chi connectivity index (χ4n) is 2.91. The molecule has 2 N–H and O–H groups in total. The van der Waals surface area contributed by atoms with Crippen LogP contribution >= 0.6 is 0 Å². The summed E-state index contributed by atoms with van der Waals surface area (Å²) < 4.78 is 6.06. The molecular formula is C18H26N2O2. The smallest absolute Gasteiger partial charge is 0.315 e. The average molecular weight is 302 g/mol. The van der Waals surface area contributed by atoms with Crippen molar-refractivity contribution in [2.75, 3.05) is 6.54 Å². The van der Waals surface area contributed by atoms with Crippen molar-refractivity contribution in [1.29, 1.82) is 0 Å². The Kier molecular flexibility index (Phi) is 5.20. The molecule has 0 aromatic heterocycles. The van der Waals surface area contributed by atoms with Gasteiger partial charge >= 0.3 is 6.03 Å². The zero-order chi connectivity index (χ0) is 15.2. The van der Waals surface area contributed by atoms with E-state index in [-0.39, 0.29) is 6.03 Å². The summed E-state index contributed by atoms with van der Waals surface area (Å²) in [6.07, 6.45) is 9.05. The van der Waals surface area contributed by atoms with Crippen LogP contribution in [0.5, 0.6) is 5.75 Å². The highest BCUT2D eigenvalue weighted by Gasteiger charge is 2.21. The Morgan fingerprint density at radius 2 is 1.91 bits per heavy atom. The van der Waals surface area contributed by atoms with Crippen LogP contribution in [0.3, 0.4) is 0 Å². The largest absolute Gasteiger partial charge is 0.490 e. The molecule has 2 aliphatic rings. The quantitative estimate of drug-likeness (QED) is 0.843. The summed E-state index contributed by atoms with van der Waals surface area (Å²) in [5, 5.41) is 5.82. The SMILES string of the molecule is O=C(NCc1cccc(OC2CCCCC2)c1)NCC1CC1. The minimum Gasteiger partial charge on any atom is -0.490 e. The van der Waals surface area contributed by atoms with E-state index in [1.165, 1.54) is 32.1 Å². The van der Waals surface area contributed by atoms with Gasteiger partial charge in [-0.1, -0.05) is 18.6 Å².